The summed E-state index contributed by atoms with van der Waals surface area (Å²) < 4.78 is 11.0. The zero-order valence-corrected chi connectivity index (χ0v) is 16.8. The summed E-state index contributed by atoms with van der Waals surface area (Å²) in [7, 11) is 3.44. The highest BCUT2D eigenvalue weighted by Crippen LogP contribution is 2.36. The van der Waals surface area contributed by atoms with Crippen LogP contribution < -0.4 is 14.8 Å². The lowest BCUT2D eigenvalue weighted by Crippen LogP contribution is -2.45. The molecule has 2 rings (SSSR count). The van der Waals surface area contributed by atoms with Gasteiger partial charge in [-0.25, -0.2) is 0 Å². The molecule has 1 aromatic carbocycles. The van der Waals surface area contributed by atoms with E-state index < -0.39 is 0 Å². The Balaban J connectivity index is 0.00000264. The first-order valence-corrected chi connectivity index (χ1v) is 8.32. The standard InChI is InChI=1S/C18H30N2O2.2ClH/c1-14(2)5-8-17(20-11-9-19-10-12-20)16-7-6-15(21-3)13-18(16)22-4;;/h6-7,13-14,17,19H,5,8-12H2,1-4H3;2*1H/t17-;;/m0../s1. The summed E-state index contributed by atoms with van der Waals surface area (Å²) in [6.45, 7) is 8.91. The monoisotopic (exact) mass is 378 g/mol. The largest absolute Gasteiger partial charge is 0.497 e. The van der Waals surface area contributed by atoms with Gasteiger partial charge in [-0.1, -0.05) is 19.9 Å². The fourth-order valence-electron chi connectivity index (χ4n) is 3.11. The molecule has 1 atom stereocenters. The molecule has 0 radical (unpaired) electrons. The fraction of sp³-hybridized carbons (Fsp3) is 0.667. The number of benzene rings is 1. The van der Waals surface area contributed by atoms with E-state index in [1.807, 2.05) is 12.1 Å². The normalized spacial score (nSPS) is 16.0. The molecule has 0 amide bonds. The maximum atomic E-state index is 5.64. The van der Waals surface area contributed by atoms with Gasteiger partial charge in [0.25, 0.3) is 0 Å². The topological polar surface area (TPSA) is 33.7 Å². The lowest BCUT2D eigenvalue weighted by atomic mass is 9.95. The number of hydrogen-bond acceptors (Lipinski definition) is 4. The first kappa shape index (κ1) is 23.3. The molecule has 1 heterocycles. The van der Waals surface area contributed by atoms with E-state index in [0.29, 0.717) is 6.04 Å². The summed E-state index contributed by atoms with van der Waals surface area (Å²) >= 11 is 0. The molecule has 0 bridgehead atoms. The molecule has 1 aliphatic rings. The van der Waals surface area contributed by atoms with Crippen LogP contribution in [0.3, 0.4) is 0 Å². The number of nitrogens with one attached hydrogen (secondary N) is 1. The Labute approximate surface area is 159 Å². The third-order valence-corrected chi connectivity index (χ3v) is 4.41. The van der Waals surface area contributed by atoms with Gasteiger partial charge in [-0.05, 0) is 24.8 Å². The molecular formula is C18H32Cl2N2O2. The van der Waals surface area contributed by atoms with E-state index in [9.17, 15) is 0 Å². The summed E-state index contributed by atoms with van der Waals surface area (Å²) in [5, 5.41) is 3.44. The fourth-order valence-corrected chi connectivity index (χ4v) is 3.11. The first-order chi connectivity index (χ1) is 10.7. The van der Waals surface area contributed by atoms with Crippen molar-refractivity contribution in [3.63, 3.8) is 0 Å². The minimum Gasteiger partial charge on any atom is -0.497 e. The van der Waals surface area contributed by atoms with E-state index >= 15 is 0 Å². The quantitative estimate of drug-likeness (QED) is 0.778. The van der Waals surface area contributed by atoms with Gasteiger partial charge in [0.2, 0.25) is 0 Å². The molecule has 1 aromatic rings. The molecule has 140 valence electrons. The Kier molecular flexibility index (Phi) is 11.5. The van der Waals surface area contributed by atoms with Gasteiger partial charge in [-0.15, -0.1) is 24.8 Å². The molecule has 1 fully saturated rings. The van der Waals surface area contributed by atoms with Crippen molar-refractivity contribution in [2.75, 3.05) is 40.4 Å². The molecule has 4 nitrogen and oxygen atoms in total. The molecule has 0 aliphatic carbocycles. The van der Waals surface area contributed by atoms with E-state index in [1.54, 1.807) is 14.2 Å². The molecule has 6 heteroatoms. The van der Waals surface area contributed by atoms with Crippen molar-refractivity contribution in [2.24, 2.45) is 5.92 Å². The number of piperazine rings is 1. The highest BCUT2D eigenvalue weighted by Gasteiger charge is 2.25. The van der Waals surface area contributed by atoms with Gasteiger partial charge in [0.1, 0.15) is 11.5 Å². The Morgan fingerprint density at radius 2 is 1.71 bits per heavy atom. The summed E-state index contributed by atoms with van der Waals surface area (Å²) in [5.74, 6) is 2.50. The van der Waals surface area contributed by atoms with Gasteiger partial charge in [0.05, 0.1) is 14.2 Å². The molecule has 24 heavy (non-hydrogen) atoms. The van der Waals surface area contributed by atoms with Crippen molar-refractivity contribution in [1.29, 1.82) is 0 Å². The van der Waals surface area contributed by atoms with Crippen LogP contribution in [0, 0.1) is 5.92 Å². The van der Waals surface area contributed by atoms with Crippen molar-refractivity contribution in [3.8, 4) is 11.5 Å². The van der Waals surface area contributed by atoms with Crippen LogP contribution in [0.2, 0.25) is 0 Å². The third kappa shape index (κ3) is 6.32. The SMILES string of the molecule is COc1ccc([C@H](CCC(C)C)N2CCNCC2)c(OC)c1.Cl.Cl. The number of halogens is 2. The number of hydrogen-bond donors (Lipinski definition) is 1. The third-order valence-electron chi connectivity index (χ3n) is 4.41. The lowest BCUT2D eigenvalue weighted by Gasteiger charge is -2.36. The van der Waals surface area contributed by atoms with E-state index in [2.05, 4.69) is 30.1 Å². The smallest absolute Gasteiger partial charge is 0.127 e. The number of nitrogens with zero attached hydrogens (tertiary/aromatic N) is 1. The number of ether oxygens (including phenoxy) is 2. The Bertz CT molecular complexity index is 466. The van der Waals surface area contributed by atoms with Crippen LogP contribution in [0.15, 0.2) is 18.2 Å². The van der Waals surface area contributed by atoms with Crippen LogP contribution in [0.4, 0.5) is 0 Å². The summed E-state index contributed by atoms with van der Waals surface area (Å²) in [6, 6.07) is 6.64. The average Bonchev–Trinajstić information content (AvgIpc) is 2.56. The Morgan fingerprint density at radius 1 is 1.04 bits per heavy atom. The van der Waals surface area contributed by atoms with Crippen LogP contribution in [-0.2, 0) is 0 Å². The highest BCUT2D eigenvalue weighted by atomic mass is 35.5. The summed E-state index contributed by atoms with van der Waals surface area (Å²) in [4.78, 5) is 2.59. The zero-order valence-electron chi connectivity index (χ0n) is 15.2. The van der Waals surface area contributed by atoms with Gasteiger partial charge in [-0.2, -0.15) is 0 Å². The van der Waals surface area contributed by atoms with E-state index in [1.165, 1.54) is 18.4 Å². The van der Waals surface area contributed by atoms with Crippen LogP contribution >= 0.6 is 24.8 Å². The van der Waals surface area contributed by atoms with Gasteiger partial charge < -0.3 is 14.8 Å². The maximum Gasteiger partial charge on any atom is 0.127 e. The van der Waals surface area contributed by atoms with E-state index in [4.69, 9.17) is 9.47 Å². The second kappa shape index (κ2) is 11.8. The van der Waals surface area contributed by atoms with E-state index in [-0.39, 0.29) is 24.8 Å². The average molecular weight is 379 g/mol. The van der Waals surface area contributed by atoms with Crippen molar-refractivity contribution < 1.29 is 9.47 Å². The van der Waals surface area contributed by atoms with Gasteiger partial charge >= 0.3 is 0 Å². The van der Waals surface area contributed by atoms with Crippen LogP contribution in [-0.4, -0.2) is 45.3 Å². The summed E-state index contributed by atoms with van der Waals surface area (Å²) in [5.41, 5.74) is 1.28. The predicted molar refractivity (Wildman–Crippen MR) is 105 cm³/mol. The van der Waals surface area contributed by atoms with Crippen molar-refractivity contribution in [1.82, 2.24) is 10.2 Å². The van der Waals surface area contributed by atoms with Crippen molar-refractivity contribution in [3.05, 3.63) is 23.8 Å². The number of methoxy groups -OCH3 is 2. The second-order valence-corrected chi connectivity index (χ2v) is 6.38. The molecule has 0 saturated carbocycles. The minimum atomic E-state index is 0. The number of rotatable bonds is 7. The maximum absolute atomic E-state index is 5.64. The van der Waals surface area contributed by atoms with Crippen LogP contribution in [0.5, 0.6) is 11.5 Å². The van der Waals surface area contributed by atoms with Crippen LogP contribution in [0.1, 0.15) is 38.3 Å². The molecule has 1 aliphatic heterocycles. The predicted octanol–water partition coefficient (Wildman–Crippen LogP) is 3.93. The van der Waals surface area contributed by atoms with Crippen LogP contribution in [0.25, 0.3) is 0 Å². The van der Waals surface area contributed by atoms with Crippen molar-refractivity contribution >= 4 is 24.8 Å². The Morgan fingerprint density at radius 3 is 2.25 bits per heavy atom. The molecular weight excluding hydrogens is 347 g/mol. The lowest BCUT2D eigenvalue weighted by molar-refractivity contribution is 0.157. The minimum absolute atomic E-state index is 0. The van der Waals surface area contributed by atoms with Gasteiger partial charge in [0.15, 0.2) is 0 Å². The van der Waals surface area contributed by atoms with Gasteiger partial charge in [-0.3, -0.25) is 4.90 Å². The molecule has 0 unspecified atom stereocenters. The molecule has 0 aromatic heterocycles. The Hall–Kier alpha value is -0.680. The second-order valence-electron chi connectivity index (χ2n) is 6.38. The first-order valence-electron chi connectivity index (χ1n) is 8.32. The zero-order chi connectivity index (χ0) is 15.9. The van der Waals surface area contributed by atoms with Gasteiger partial charge in [0, 0.05) is 43.9 Å². The molecule has 1 saturated heterocycles. The van der Waals surface area contributed by atoms with Crippen molar-refractivity contribution in [2.45, 2.75) is 32.7 Å². The summed E-state index contributed by atoms with van der Waals surface area (Å²) in [6.07, 6.45) is 2.39. The molecule has 1 N–H and O–H groups in total. The van der Waals surface area contributed by atoms with E-state index in [0.717, 1.165) is 43.6 Å². The highest BCUT2D eigenvalue weighted by molar-refractivity contribution is 5.85. The molecule has 0 spiro atoms.